The number of pyridine rings is 1. The molecule has 0 radical (unpaired) electrons. The van der Waals surface area contributed by atoms with Crippen LogP contribution in [0.2, 0.25) is 0 Å². The Hall–Kier alpha value is -1.88. The molecule has 1 aliphatic rings. The lowest BCUT2D eigenvalue weighted by Gasteiger charge is -2.31. The summed E-state index contributed by atoms with van der Waals surface area (Å²) < 4.78 is 2.06. The summed E-state index contributed by atoms with van der Waals surface area (Å²) in [5, 5.41) is 0. The fourth-order valence-electron chi connectivity index (χ4n) is 3.23. The van der Waals surface area contributed by atoms with Crippen molar-refractivity contribution in [3.63, 3.8) is 0 Å². The average Bonchev–Trinajstić information content (AvgIpc) is 2.95. The van der Waals surface area contributed by atoms with Crippen LogP contribution in [0.1, 0.15) is 36.7 Å². The first-order chi connectivity index (χ1) is 11.6. The van der Waals surface area contributed by atoms with E-state index in [1.807, 2.05) is 31.1 Å². The summed E-state index contributed by atoms with van der Waals surface area (Å²) in [6, 6.07) is 6.18. The number of amides is 1. The molecular weight excluding hydrogens is 324 g/mol. The number of piperidine rings is 1. The van der Waals surface area contributed by atoms with Gasteiger partial charge in [0.05, 0.1) is 17.6 Å². The largest absolute Gasteiger partial charge is 0.343 e. The Bertz CT molecular complexity index is 720. The van der Waals surface area contributed by atoms with Gasteiger partial charge in [0, 0.05) is 44.0 Å². The first kappa shape index (κ1) is 17.0. The highest BCUT2D eigenvalue weighted by molar-refractivity contribution is 6.18. The lowest BCUT2D eigenvalue weighted by atomic mass is 9.92. The summed E-state index contributed by atoms with van der Waals surface area (Å²) in [5.74, 6) is 1.94. The SMILES string of the molecule is Cc1ncc(-c2cccc(C3CCN(C(=O)CCCl)CC3)n2)n1C. The Morgan fingerprint density at radius 1 is 1.33 bits per heavy atom. The van der Waals surface area contributed by atoms with Crippen LogP contribution in [0.3, 0.4) is 0 Å². The molecule has 0 saturated carbocycles. The summed E-state index contributed by atoms with van der Waals surface area (Å²) >= 11 is 5.67. The Morgan fingerprint density at radius 2 is 2.08 bits per heavy atom. The van der Waals surface area contributed by atoms with Gasteiger partial charge in [0.15, 0.2) is 0 Å². The van der Waals surface area contributed by atoms with Crippen molar-refractivity contribution in [2.24, 2.45) is 7.05 Å². The van der Waals surface area contributed by atoms with E-state index in [-0.39, 0.29) is 5.91 Å². The lowest BCUT2D eigenvalue weighted by Crippen LogP contribution is -2.38. The van der Waals surface area contributed by atoms with Gasteiger partial charge < -0.3 is 9.47 Å². The molecule has 3 heterocycles. The summed E-state index contributed by atoms with van der Waals surface area (Å²) in [7, 11) is 2.01. The van der Waals surface area contributed by atoms with E-state index in [2.05, 4.69) is 21.7 Å². The van der Waals surface area contributed by atoms with E-state index in [4.69, 9.17) is 16.6 Å². The molecule has 0 spiro atoms. The van der Waals surface area contributed by atoms with Gasteiger partial charge >= 0.3 is 0 Å². The Morgan fingerprint density at radius 3 is 2.71 bits per heavy atom. The third-order valence-electron chi connectivity index (χ3n) is 4.83. The number of imidazole rings is 1. The molecule has 6 heteroatoms. The molecule has 0 N–H and O–H groups in total. The number of alkyl halides is 1. The lowest BCUT2D eigenvalue weighted by molar-refractivity contribution is -0.131. The number of halogens is 1. The Kier molecular flexibility index (Phi) is 5.19. The van der Waals surface area contributed by atoms with Gasteiger partial charge in [-0.15, -0.1) is 11.6 Å². The fraction of sp³-hybridized carbons (Fsp3) is 0.500. The van der Waals surface area contributed by atoms with Gasteiger partial charge in [-0.05, 0) is 31.9 Å². The number of hydrogen-bond donors (Lipinski definition) is 0. The third kappa shape index (κ3) is 3.46. The molecule has 1 amide bonds. The van der Waals surface area contributed by atoms with Crippen LogP contribution in [0, 0.1) is 6.92 Å². The highest BCUT2D eigenvalue weighted by atomic mass is 35.5. The molecule has 1 aliphatic heterocycles. The standard InChI is InChI=1S/C18H23ClN4O/c1-13-20-12-17(22(13)2)16-5-3-4-15(21-16)14-7-10-23(11-8-14)18(24)6-9-19/h3-5,12,14H,6-11H2,1-2H3. The number of aryl methyl sites for hydroxylation is 1. The van der Waals surface area contributed by atoms with E-state index in [9.17, 15) is 4.79 Å². The minimum atomic E-state index is 0.163. The van der Waals surface area contributed by atoms with Crippen LogP contribution in [0.4, 0.5) is 0 Å². The van der Waals surface area contributed by atoms with Crippen molar-refractivity contribution in [1.29, 1.82) is 0 Å². The maximum absolute atomic E-state index is 11.9. The number of rotatable bonds is 4. The first-order valence-electron chi connectivity index (χ1n) is 8.39. The topological polar surface area (TPSA) is 51.0 Å². The highest BCUT2D eigenvalue weighted by Crippen LogP contribution is 2.28. The number of nitrogens with zero attached hydrogens (tertiary/aromatic N) is 4. The number of hydrogen-bond acceptors (Lipinski definition) is 3. The molecule has 2 aromatic rings. The van der Waals surface area contributed by atoms with Gasteiger partial charge in [-0.2, -0.15) is 0 Å². The summed E-state index contributed by atoms with van der Waals surface area (Å²) in [4.78, 5) is 23.1. The molecule has 0 atom stereocenters. The minimum absolute atomic E-state index is 0.163. The van der Waals surface area contributed by atoms with Crippen molar-refractivity contribution in [3.8, 4) is 11.4 Å². The van der Waals surface area contributed by atoms with Crippen LogP contribution in [0.25, 0.3) is 11.4 Å². The number of likely N-dealkylation sites (tertiary alicyclic amines) is 1. The normalized spacial score (nSPS) is 15.7. The fourth-order valence-corrected chi connectivity index (χ4v) is 3.39. The second-order valence-corrected chi connectivity index (χ2v) is 6.67. The molecule has 0 aromatic carbocycles. The van der Waals surface area contributed by atoms with Crippen LogP contribution >= 0.6 is 11.6 Å². The summed E-state index contributed by atoms with van der Waals surface area (Å²) in [6.07, 6.45) is 4.21. The van der Waals surface area contributed by atoms with Crippen LogP contribution in [-0.2, 0) is 11.8 Å². The minimum Gasteiger partial charge on any atom is -0.343 e. The van der Waals surface area contributed by atoms with E-state index < -0.39 is 0 Å². The maximum Gasteiger partial charge on any atom is 0.223 e. The molecule has 0 aliphatic carbocycles. The molecule has 0 unspecified atom stereocenters. The van der Waals surface area contributed by atoms with Crippen molar-refractivity contribution in [2.75, 3.05) is 19.0 Å². The smallest absolute Gasteiger partial charge is 0.223 e. The van der Waals surface area contributed by atoms with E-state index in [1.54, 1.807) is 0 Å². The first-order valence-corrected chi connectivity index (χ1v) is 8.93. The number of carbonyl (C=O) groups is 1. The van der Waals surface area contributed by atoms with Gasteiger partial charge in [0.2, 0.25) is 5.91 Å². The third-order valence-corrected chi connectivity index (χ3v) is 5.02. The van der Waals surface area contributed by atoms with Crippen molar-refractivity contribution >= 4 is 17.5 Å². The zero-order chi connectivity index (χ0) is 17.1. The van der Waals surface area contributed by atoms with Crippen molar-refractivity contribution in [1.82, 2.24) is 19.4 Å². The summed E-state index contributed by atoms with van der Waals surface area (Å²) in [6.45, 7) is 3.56. The van der Waals surface area contributed by atoms with Crippen molar-refractivity contribution < 1.29 is 4.79 Å². The van der Waals surface area contributed by atoms with Crippen molar-refractivity contribution in [3.05, 3.63) is 35.9 Å². The van der Waals surface area contributed by atoms with E-state index in [0.29, 0.717) is 18.2 Å². The Balaban J connectivity index is 1.72. The van der Waals surface area contributed by atoms with Gasteiger partial charge in [-0.1, -0.05) is 6.07 Å². The Labute approximate surface area is 147 Å². The molecule has 1 fully saturated rings. The molecular formula is C18H23ClN4O. The van der Waals surface area contributed by atoms with E-state index in [0.717, 1.165) is 48.8 Å². The van der Waals surface area contributed by atoms with Crippen molar-refractivity contribution in [2.45, 2.75) is 32.1 Å². The monoisotopic (exact) mass is 346 g/mol. The van der Waals surface area contributed by atoms with Gasteiger partial charge in [-0.3, -0.25) is 9.78 Å². The number of carbonyl (C=O) groups excluding carboxylic acids is 1. The molecule has 0 bridgehead atoms. The highest BCUT2D eigenvalue weighted by Gasteiger charge is 2.24. The second-order valence-electron chi connectivity index (χ2n) is 6.29. The predicted molar refractivity (Wildman–Crippen MR) is 95.1 cm³/mol. The van der Waals surface area contributed by atoms with Gasteiger partial charge in [-0.25, -0.2) is 4.98 Å². The second kappa shape index (κ2) is 7.34. The van der Waals surface area contributed by atoms with E-state index in [1.165, 1.54) is 0 Å². The van der Waals surface area contributed by atoms with Crippen LogP contribution in [0.15, 0.2) is 24.4 Å². The van der Waals surface area contributed by atoms with Crippen LogP contribution < -0.4 is 0 Å². The van der Waals surface area contributed by atoms with Gasteiger partial charge in [0.25, 0.3) is 0 Å². The van der Waals surface area contributed by atoms with Crippen LogP contribution in [-0.4, -0.2) is 44.3 Å². The quantitative estimate of drug-likeness (QED) is 0.799. The summed E-state index contributed by atoms with van der Waals surface area (Å²) in [5.41, 5.74) is 3.09. The molecule has 128 valence electrons. The zero-order valence-electron chi connectivity index (χ0n) is 14.2. The number of aromatic nitrogens is 3. The predicted octanol–water partition coefficient (Wildman–Crippen LogP) is 3.13. The van der Waals surface area contributed by atoms with E-state index >= 15 is 0 Å². The van der Waals surface area contributed by atoms with Crippen LogP contribution in [0.5, 0.6) is 0 Å². The maximum atomic E-state index is 11.9. The molecule has 24 heavy (non-hydrogen) atoms. The van der Waals surface area contributed by atoms with Gasteiger partial charge in [0.1, 0.15) is 5.82 Å². The molecule has 2 aromatic heterocycles. The molecule has 5 nitrogen and oxygen atoms in total. The molecule has 1 saturated heterocycles. The molecule has 3 rings (SSSR count). The zero-order valence-corrected chi connectivity index (χ0v) is 15.0. The average molecular weight is 347 g/mol.